The van der Waals surface area contributed by atoms with Crippen LogP contribution in [0.1, 0.15) is 78.1 Å². The number of hydrogen-bond acceptors (Lipinski definition) is 3. The van der Waals surface area contributed by atoms with Crippen LogP contribution in [0, 0.1) is 0 Å². The second-order valence-corrected chi connectivity index (χ2v) is 13.0. The smallest absolute Gasteiger partial charge is 0.254 e. The van der Waals surface area contributed by atoms with Gasteiger partial charge in [0.25, 0.3) is 5.91 Å². The number of rotatable bonds is 7. The number of fused-ring (bicyclic) bond motifs is 1. The van der Waals surface area contributed by atoms with Gasteiger partial charge in [-0.2, -0.15) is 0 Å². The Balaban J connectivity index is 1.36. The van der Waals surface area contributed by atoms with Crippen molar-refractivity contribution >= 4 is 17.5 Å². The standard InChI is InChI=1S/C44H46N2O3/c1-34(47)46-29-17-5-3-2-4-16-28-45(32-38-22-12-14-24-42(38)46)44(48)41-27-26-37(31-39(41)30-35-18-8-6-9-19-35)40-23-13-15-25-43(40)49-33-36-20-10-7-11-21-36/h6-15,18-27,31H,2-5,16-17,28-30,32-33H2,1H3. The zero-order valence-corrected chi connectivity index (χ0v) is 28.5. The first-order valence-electron chi connectivity index (χ1n) is 17.6. The molecule has 0 bridgehead atoms. The van der Waals surface area contributed by atoms with Gasteiger partial charge in [-0.15, -0.1) is 0 Å². The molecule has 0 spiro atoms. The van der Waals surface area contributed by atoms with Crippen molar-refractivity contribution in [3.05, 3.63) is 155 Å². The molecule has 1 heterocycles. The molecule has 2 amide bonds. The van der Waals surface area contributed by atoms with Gasteiger partial charge in [0.2, 0.25) is 5.91 Å². The first-order valence-corrected chi connectivity index (χ1v) is 17.6. The Morgan fingerprint density at radius 2 is 1.29 bits per heavy atom. The highest BCUT2D eigenvalue weighted by Gasteiger charge is 2.23. The second-order valence-electron chi connectivity index (χ2n) is 13.0. The van der Waals surface area contributed by atoms with E-state index in [9.17, 15) is 9.59 Å². The maximum Gasteiger partial charge on any atom is 0.254 e. The van der Waals surface area contributed by atoms with Crippen molar-refractivity contribution in [2.45, 2.75) is 65.0 Å². The minimum absolute atomic E-state index is 0.0187. The summed E-state index contributed by atoms with van der Waals surface area (Å²) in [5, 5.41) is 0. The zero-order valence-electron chi connectivity index (χ0n) is 28.5. The number of para-hydroxylation sites is 2. The number of hydrogen-bond donors (Lipinski definition) is 0. The molecule has 0 fully saturated rings. The van der Waals surface area contributed by atoms with Crippen molar-refractivity contribution in [3.8, 4) is 16.9 Å². The van der Waals surface area contributed by atoms with E-state index in [4.69, 9.17) is 4.74 Å². The van der Waals surface area contributed by atoms with Gasteiger partial charge in [0.15, 0.2) is 0 Å². The number of nitrogens with zero attached hydrogens (tertiary/aromatic N) is 2. The lowest BCUT2D eigenvalue weighted by Crippen LogP contribution is -2.34. The van der Waals surface area contributed by atoms with Gasteiger partial charge in [-0.05, 0) is 71.3 Å². The quantitative estimate of drug-likeness (QED) is 0.176. The molecule has 49 heavy (non-hydrogen) atoms. The third-order valence-electron chi connectivity index (χ3n) is 9.38. The molecule has 0 atom stereocenters. The maximum atomic E-state index is 14.7. The van der Waals surface area contributed by atoms with Crippen LogP contribution in [0.25, 0.3) is 11.1 Å². The summed E-state index contributed by atoms with van der Waals surface area (Å²) in [5.41, 5.74) is 7.85. The van der Waals surface area contributed by atoms with Crippen molar-refractivity contribution < 1.29 is 14.3 Å². The highest BCUT2D eigenvalue weighted by Crippen LogP contribution is 2.33. The Bertz CT molecular complexity index is 1840. The summed E-state index contributed by atoms with van der Waals surface area (Å²) in [6.07, 6.45) is 7.01. The number of benzene rings is 5. The van der Waals surface area contributed by atoms with E-state index in [-0.39, 0.29) is 11.8 Å². The van der Waals surface area contributed by atoms with Gasteiger partial charge in [-0.25, -0.2) is 0 Å². The number of carbonyl (C=O) groups is 2. The lowest BCUT2D eigenvalue weighted by molar-refractivity contribution is -0.116. The molecular formula is C44H46N2O3. The van der Waals surface area contributed by atoms with E-state index in [1.165, 1.54) is 0 Å². The van der Waals surface area contributed by atoms with Crippen molar-refractivity contribution in [3.63, 3.8) is 0 Å². The van der Waals surface area contributed by atoms with Crippen LogP contribution < -0.4 is 9.64 Å². The predicted molar refractivity (Wildman–Crippen MR) is 199 cm³/mol. The second kappa shape index (κ2) is 16.8. The SMILES string of the molecule is CC(=O)N1CCCCCCCCN(C(=O)c2ccc(-c3ccccc3OCc3ccccc3)cc2Cc2ccccc2)Cc2ccccc21. The third kappa shape index (κ3) is 8.85. The fourth-order valence-electron chi connectivity index (χ4n) is 6.76. The molecule has 1 aliphatic heterocycles. The Morgan fingerprint density at radius 3 is 2.04 bits per heavy atom. The summed E-state index contributed by atoms with van der Waals surface area (Å²) >= 11 is 0. The third-order valence-corrected chi connectivity index (χ3v) is 9.38. The zero-order chi connectivity index (χ0) is 33.8. The molecule has 0 aliphatic carbocycles. The van der Waals surface area contributed by atoms with Crippen LogP contribution in [0.5, 0.6) is 5.75 Å². The molecule has 0 aromatic heterocycles. The summed E-state index contributed by atoms with van der Waals surface area (Å²) in [7, 11) is 0. The Morgan fingerprint density at radius 1 is 0.653 bits per heavy atom. The molecule has 6 rings (SSSR count). The first kappa shape index (κ1) is 33.7. The van der Waals surface area contributed by atoms with Crippen LogP contribution in [0.2, 0.25) is 0 Å². The topological polar surface area (TPSA) is 49.9 Å². The van der Waals surface area contributed by atoms with Crippen LogP contribution in [0.15, 0.2) is 127 Å². The van der Waals surface area contributed by atoms with Crippen LogP contribution >= 0.6 is 0 Å². The first-order chi connectivity index (χ1) is 24.1. The van der Waals surface area contributed by atoms with E-state index in [0.717, 1.165) is 83.3 Å². The predicted octanol–water partition coefficient (Wildman–Crippen LogP) is 9.87. The van der Waals surface area contributed by atoms with Crippen molar-refractivity contribution in [2.75, 3.05) is 18.0 Å². The van der Waals surface area contributed by atoms with Crippen LogP contribution in [-0.2, 0) is 24.4 Å². The number of anilines is 1. The number of amides is 2. The fraction of sp³-hybridized carbons (Fsp3) is 0.273. The van der Waals surface area contributed by atoms with Crippen molar-refractivity contribution in [1.29, 1.82) is 0 Å². The van der Waals surface area contributed by atoms with E-state index >= 15 is 0 Å². The summed E-state index contributed by atoms with van der Waals surface area (Å²) in [6.45, 7) is 3.92. The lowest BCUT2D eigenvalue weighted by Gasteiger charge is -2.28. The van der Waals surface area contributed by atoms with Gasteiger partial charge in [-0.3, -0.25) is 9.59 Å². The average molecular weight is 651 g/mol. The summed E-state index contributed by atoms with van der Waals surface area (Å²) in [4.78, 5) is 31.4. The van der Waals surface area contributed by atoms with Gasteiger partial charge in [0, 0.05) is 43.4 Å². The minimum Gasteiger partial charge on any atom is -0.488 e. The van der Waals surface area contributed by atoms with Crippen LogP contribution in [0.4, 0.5) is 5.69 Å². The molecule has 0 unspecified atom stereocenters. The summed E-state index contributed by atoms with van der Waals surface area (Å²) in [5.74, 6) is 0.862. The van der Waals surface area contributed by atoms with Crippen molar-refractivity contribution in [2.24, 2.45) is 0 Å². The molecule has 250 valence electrons. The van der Waals surface area contributed by atoms with E-state index in [1.807, 2.05) is 88.7 Å². The monoisotopic (exact) mass is 650 g/mol. The van der Waals surface area contributed by atoms with E-state index < -0.39 is 0 Å². The molecule has 5 nitrogen and oxygen atoms in total. The normalized spacial score (nSPS) is 14.1. The molecular weight excluding hydrogens is 604 g/mol. The van der Waals surface area contributed by atoms with Crippen LogP contribution in [0.3, 0.4) is 0 Å². The van der Waals surface area contributed by atoms with Crippen LogP contribution in [-0.4, -0.2) is 29.8 Å². The Labute approximate surface area is 291 Å². The highest BCUT2D eigenvalue weighted by atomic mass is 16.5. The lowest BCUT2D eigenvalue weighted by atomic mass is 9.93. The molecule has 5 aromatic carbocycles. The minimum atomic E-state index is 0.0187. The van der Waals surface area contributed by atoms with Gasteiger partial charge < -0.3 is 14.5 Å². The van der Waals surface area contributed by atoms with E-state index in [1.54, 1.807) is 6.92 Å². The average Bonchev–Trinajstić information content (AvgIpc) is 3.15. The van der Waals surface area contributed by atoms with E-state index in [2.05, 4.69) is 48.5 Å². The van der Waals surface area contributed by atoms with Gasteiger partial charge in [0.1, 0.15) is 12.4 Å². The molecule has 0 radical (unpaired) electrons. The molecule has 0 saturated heterocycles. The Kier molecular flexibility index (Phi) is 11.6. The number of ether oxygens (including phenoxy) is 1. The van der Waals surface area contributed by atoms with E-state index in [0.29, 0.717) is 38.2 Å². The summed E-state index contributed by atoms with van der Waals surface area (Å²) in [6, 6.07) is 42.9. The van der Waals surface area contributed by atoms with Gasteiger partial charge in [0.05, 0.1) is 0 Å². The molecule has 5 heteroatoms. The molecule has 0 saturated carbocycles. The highest BCUT2D eigenvalue weighted by molar-refractivity contribution is 5.97. The number of carbonyl (C=O) groups excluding carboxylic acids is 2. The molecule has 5 aromatic rings. The maximum absolute atomic E-state index is 14.7. The van der Waals surface area contributed by atoms with Gasteiger partial charge >= 0.3 is 0 Å². The fourth-order valence-corrected chi connectivity index (χ4v) is 6.76. The van der Waals surface area contributed by atoms with Gasteiger partial charge in [-0.1, -0.05) is 129 Å². The largest absolute Gasteiger partial charge is 0.488 e. The summed E-state index contributed by atoms with van der Waals surface area (Å²) < 4.78 is 6.34. The van der Waals surface area contributed by atoms with Crippen molar-refractivity contribution in [1.82, 2.24) is 4.90 Å². The molecule has 1 aliphatic rings. The molecule has 0 N–H and O–H groups in total. The Hall–Kier alpha value is -5.16.